The highest BCUT2D eigenvalue weighted by Gasteiger charge is 2.00. The number of carbonyl (C=O) groups is 4. The predicted molar refractivity (Wildman–Crippen MR) is 69.3 cm³/mol. The maximum Gasteiger partial charge on any atom is 0.303 e. The highest BCUT2D eigenvalue weighted by molar-refractivity contribution is 5.75. The Morgan fingerprint density at radius 1 is 0.700 bits per heavy atom. The molecule has 0 saturated heterocycles. The van der Waals surface area contributed by atoms with Crippen LogP contribution in [0.2, 0.25) is 0 Å². The van der Waals surface area contributed by atoms with Gasteiger partial charge in [-0.25, -0.2) is 0 Å². The van der Waals surface area contributed by atoms with Crippen molar-refractivity contribution in [2.24, 2.45) is 0 Å². The van der Waals surface area contributed by atoms with E-state index in [9.17, 15) is 19.2 Å². The summed E-state index contributed by atoms with van der Waals surface area (Å²) in [5.74, 6) is -2.73. The van der Waals surface area contributed by atoms with Gasteiger partial charge in [-0.2, -0.15) is 0 Å². The third-order valence-electron chi connectivity index (χ3n) is 2.10. The van der Waals surface area contributed by atoms with Gasteiger partial charge < -0.3 is 20.6 Å². The van der Waals surface area contributed by atoms with Gasteiger partial charge in [0.2, 0.25) is 5.91 Å². The van der Waals surface area contributed by atoms with Crippen molar-refractivity contribution in [3.05, 3.63) is 0 Å². The van der Waals surface area contributed by atoms with Crippen LogP contribution in [0.3, 0.4) is 0 Å². The average Bonchev–Trinajstić information content (AvgIpc) is 2.34. The number of hydrogen-bond donors (Lipinski definition) is 4. The molecule has 1 amide bonds. The molecule has 0 fully saturated rings. The molecule has 0 aliphatic rings. The Labute approximate surface area is 116 Å². The van der Waals surface area contributed by atoms with Gasteiger partial charge in [-0.1, -0.05) is 0 Å². The van der Waals surface area contributed by atoms with Crippen LogP contribution in [0.25, 0.3) is 0 Å². The molecule has 8 nitrogen and oxygen atoms in total. The molecule has 0 aromatic rings. The maximum absolute atomic E-state index is 10.6. The van der Waals surface area contributed by atoms with Gasteiger partial charge in [0.05, 0.1) is 0 Å². The van der Waals surface area contributed by atoms with Crippen LogP contribution in [0, 0.1) is 0 Å². The molecule has 0 aromatic carbocycles. The summed E-state index contributed by atoms with van der Waals surface area (Å²) in [6, 6.07) is 0. The average molecular weight is 291 g/mol. The zero-order valence-electron chi connectivity index (χ0n) is 11.4. The minimum absolute atomic E-state index is 0.0320. The zero-order chi connectivity index (χ0) is 16.0. The lowest BCUT2D eigenvalue weighted by molar-refractivity contribution is -0.139. The third-order valence-corrected chi connectivity index (χ3v) is 2.10. The van der Waals surface area contributed by atoms with E-state index in [1.165, 1.54) is 0 Å². The van der Waals surface area contributed by atoms with Crippen molar-refractivity contribution < 1.29 is 34.5 Å². The Bertz CT molecular complexity index is 314. The standard InChI is InChI=1S/C7H13NO3.C5H8O4/c1-8-6(9)4-2-3-5-7(10)11;6-4(7)2-1-3-5(8)9/h2-5H2,1H3,(H,8,9)(H,10,11);1-3H2,(H,6,7)(H,8,9). The van der Waals surface area contributed by atoms with E-state index < -0.39 is 17.9 Å². The van der Waals surface area contributed by atoms with E-state index in [1.807, 2.05) is 0 Å². The molecule has 0 aromatic heterocycles. The molecule has 0 bridgehead atoms. The fourth-order valence-electron chi connectivity index (χ4n) is 1.08. The first-order valence-corrected chi connectivity index (χ1v) is 6.15. The van der Waals surface area contributed by atoms with E-state index in [1.54, 1.807) is 7.05 Å². The Kier molecular flexibility index (Phi) is 13.4. The van der Waals surface area contributed by atoms with Crippen molar-refractivity contribution in [3.63, 3.8) is 0 Å². The monoisotopic (exact) mass is 291 g/mol. The quantitative estimate of drug-likeness (QED) is 0.458. The fourth-order valence-corrected chi connectivity index (χ4v) is 1.08. The van der Waals surface area contributed by atoms with E-state index in [0.29, 0.717) is 19.3 Å². The summed E-state index contributed by atoms with van der Waals surface area (Å²) in [5, 5.41) is 26.8. The van der Waals surface area contributed by atoms with Crippen molar-refractivity contribution in [2.45, 2.75) is 44.9 Å². The summed E-state index contributed by atoms with van der Waals surface area (Å²) in [6.07, 6.45) is 1.87. The number of rotatable bonds is 9. The molecule has 116 valence electrons. The van der Waals surface area contributed by atoms with Gasteiger partial charge in [-0.15, -0.1) is 0 Å². The van der Waals surface area contributed by atoms with Gasteiger partial charge in [0, 0.05) is 32.7 Å². The number of unbranched alkanes of at least 4 members (excludes halogenated alkanes) is 1. The molecule has 0 rings (SSSR count). The van der Waals surface area contributed by atoms with Crippen molar-refractivity contribution in [1.82, 2.24) is 5.32 Å². The summed E-state index contributed by atoms with van der Waals surface area (Å²) in [4.78, 5) is 40.2. The summed E-state index contributed by atoms with van der Waals surface area (Å²) in [5.41, 5.74) is 0. The van der Waals surface area contributed by atoms with Crippen LogP contribution >= 0.6 is 0 Å². The van der Waals surface area contributed by atoms with Crippen molar-refractivity contribution in [3.8, 4) is 0 Å². The van der Waals surface area contributed by atoms with Crippen LogP contribution in [-0.2, 0) is 19.2 Å². The molecular weight excluding hydrogens is 270 g/mol. The minimum atomic E-state index is -0.948. The number of carboxylic acids is 3. The van der Waals surface area contributed by atoms with E-state index in [0.717, 1.165) is 0 Å². The van der Waals surface area contributed by atoms with E-state index in [2.05, 4.69) is 5.32 Å². The van der Waals surface area contributed by atoms with E-state index in [-0.39, 0.29) is 31.6 Å². The molecule has 0 radical (unpaired) electrons. The first kappa shape index (κ1) is 20.2. The molecule has 20 heavy (non-hydrogen) atoms. The second-order valence-corrected chi connectivity index (χ2v) is 3.92. The topological polar surface area (TPSA) is 141 Å². The summed E-state index contributed by atoms with van der Waals surface area (Å²) in [6.45, 7) is 0. The van der Waals surface area contributed by atoms with Crippen LogP contribution in [0.15, 0.2) is 0 Å². The van der Waals surface area contributed by atoms with Gasteiger partial charge in [0.1, 0.15) is 0 Å². The second kappa shape index (κ2) is 13.3. The Morgan fingerprint density at radius 2 is 1.05 bits per heavy atom. The first-order chi connectivity index (χ1) is 9.29. The number of aliphatic carboxylic acids is 3. The molecule has 0 unspecified atom stereocenters. The Hall–Kier alpha value is -2.12. The highest BCUT2D eigenvalue weighted by Crippen LogP contribution is 1.98. The number of amides is 1. The summed E-state index contributed by atoms with van der Waals surface area (Å²) >= 11 is 0. The molecule has 4 N–H and O–H groups in total. The summed E-state index contributed by atoms with van der Waals surface area (Å²) < 4.78 is 0. The second-order valence-electron chi connectivity index (χ2n) is 3.92. The number of nitrogens with one attached hydrogen (secondary N) is 1. The lowest BCUT2D eigenvalue weighted by Gasteiger charge is -1.96. The highest BCUT2D eigenvalue weighted by atomic mass is 16.4. The van der Waals surface area contributed by atoms with Gasteiger partial charge in [0.25, 0.3) is 0 Å². The van der Waals surface area contributed by atoms with Gasteiger partial charge in [-0.3, -0.25) is 19.2 Å². The molecular formula is C12H21NO7. The van der Waals surface area contributed by atoms with E-state index >= 15 is 0 Å². The van der Waals surface area contributed by atoms with Crippen LogP contribution in [0.4, 0.5) is 0 Å². The van der Waals surface area contributed by atoms with Gasteiger partial charge in [0.15, 0.2) is 0 Å². The molecule has 0 saturated carbocycles. The normalized spacial score (nSPS) is 9.05. The SMILES string of the molecule is CNC(=O)CCCCC(=O)O.O=C(O)CCCC(=O)O. The number of carboxylic acid groups (broad SMARTS) is 3. The summed E-state index contributed by atoms with van der Waals surface area (Å²) in [7, 11) is 1.57. The smallest absolute Gasteiger partial charge is 0.303 e. The van der Waals surface area contributed by atoms with Crippen molar-refractivity contribution >= 4 is 23.8 Å². The number of carbonyl (C=O) groups excluding carboxylic acids is 1. The zero-order valence-corrected chi connectivity index (χ0v) is 11.4. The molecule has 0 heterocycles. The fraction of sp³-hybridized carbons (Fsp3) is 0.667. The molecule has 8 heteroatoms. The lowest BCUT2D eigenvalue weighted by Crippen LogP contribution is -2.16. The molecule has 0 spiro atoms. The maximum atomic E-state index is 10.6. The Morgan fingerprint density at radius 3 is 1.40 bits per heavy atom. The van der Waals surface area contributed by atoms with Crippen LogP contribution in [-0.4, -0.2) is 46.2 Å². The molecule has 0 aliphatic carbocycles. The van der Waals surface area contributed by atoms with Crippen LogP contribution in [0.5, 0.6) is 0 Å². The first-order valence-electron chi connectivity index (χ1n) is 6.15. The van der Waals surface area contributed by atoms with Crippen LogP contribution < -0.4 is 5.32 Å². The Balaban J connectivity index is 0. The minimum Gasteiger partial charge on any atom is -0.481 e. The van der Waals surface area contributed by atoms with Crippen molar-refractivity contribution in [1.29, 1.82) is 0 Å². The van der Waals surface area contributed by atoms with Gasteiger partial charge in [-0.05, 0) is 19.3 Å². The molecule has 0 aliphatic heterocycles. The predicted octanol–water partition coefficient (Wildman–Crippen LogP) is 0.703. The number of hydrogen-bond acceptors (Lipinski definition) is 4. The molecule has 0 atom stereocenters. The van der Waals surface area contributed by atoms with Gasteiger partial charge >= 0.3 is 17.9 Å². The van der Waals surface area contributed by atoms with Crippen LogP contribution in [0.1, 0.15) is 44.9 Å². The third kappa shape index (κ3) is 21.2. The largest absolute Gasteiger partial charge is 0.481 e. The van der Waals surface area contributed by atoms with E-state index in [4.69, 9.17) is 15.3 Å². The van der Waals surface area contributed by atoms with Crippen molar-refractivity contribution in [2.75, 3.05) is 7.05 Å². The lowest BCUT2D eigenvalue weighted by atomic mass is 10.2.